The number of nitrogens with one attached hydrogen (secondary N) is 2. The number of rotatable bonds is 6. The van der Waals surface area contributed by atoms with Crippen LogP contribution in [0.3, 0.4) is 0 Å². The van der Waals surface area contributed by atoms with E-state index in [0.29, 0.717) is 35.3 Å². The molecule has 5 rings (SSSR count). The molecule has 0 spiro atoms. The summed E-state index contributed by atoms with van der Waals surface area (Å²) < 4.78 is 7.80. The first-order chi connectivity index (χ1) is 16.2. The summed E-state index contributed by atoms with van der Waals surface area (Å²) in [7, 11) is 0. The number of amides is 1. The van der Waals surface area contributed by atoms with E-state index in [-0.39, 0.29) is 5.91 Å². The van der Waals surface area contributed by atoms with Gasteiger partial charge in [-0.25, -0.2) is 0 Å². The summed E-state index contributed by atoms with van der Waals surface area (Å²) in [5.74, 6) is 0.884. The summed E-state index contributed by atoms with van der Waals surface area (Å²) in [4.78, 5) is 13.5. The molecule has 0 radical (unpaired) electrons. The summed E-state index contributed by atoms with van der Waals surface area (Å²) >= 11 is 0. The number of carbonyl (C=O) groups is 1. The van der Waals surface area contributed by atoms with Crippen LogP contribution < -0.4 is 15.4 Å². The van der Waals surface area contributed by atoms with Crippen LogP contribution in [0.4, 0.5) is 11.6 Å². The zero-order chi connectivity index (χ0) is 22.6. The van der Waals surface area contributed by atoms with E-state index in [0.717, 1.165) is 11.1 Å². The van der Waals surface area contributed by atoms with Crippen LogP contribution in [-0.4, -0.2) is 26.1 Å². The molecule has 0 bridgehead atoms. The van der Waals surface area contributed by atoms with E-state index in [1.54, 1.807) is 4.68 Å². The first-order valence-electron chi connectivity index (χ1n) is 10.6. The maximum absolute atomic E-state index is 13.5. The van der Waals surface area contributed by atoms with E-state index in [2.05, 4.69) is 26.2 Å². The number of allylic oxidation sites excluding steroid dienone is 1. The van der Waals surface area contributed by atoms with Crippen molar-refractivity contribution in [3.05, 3.63) is 107 Å². The van der Waals surface area contributed by atoms with Crippen LogP contribution in [0.25, 0.3) is 0 Å². The van der Waals surface area contributed by atoms with Gasteiger partial charge in [0.1, 0.15) is 18.4 Å². The first-order valence-corrected chi connectivity index (χ1v) is 10.6. The molecule has 0 saturated heterocycles. The third-order valence-electron chi connectivity index (χ3n) is 5.44. The van der Waals surface area contributed by atoms with E-state index in [1.807, 2.05) is 91.9 Å². The van der Waals surface area contributed by atoms with E-state index in [4.69, 9.17) is 4.74 Å². The number of nitrogens with zero attached hydrogens (tertiary/aromatic N) is 4. The predicted octanol–water partition coefficient (Wildman–Crippen LogP) is 4.18. The number of ether oxygens (including phenoxy) is 1. The van der Waals surface area contributed by atoms with Gasteiger partial charge in [0.15, 0.2) is 0 Å². The maximum atomic E-state index is 13.5. The number of carbonyl (C=O) groups excluding carboxylic acids is 1. The van der Waals surface area contributed by atoms with Crippen LogP contribution in [0.15, 0.2) is 96.2 Å². The van der Waals surface area contributed by atoms with Gasteiger partial charge in [-0.15, -0.1) is 0 Å². The largest absolute Gasteiger partial charge is 0.489 e. The molecule has 0 unspecified atom stereocenters. The van der Waals surface area contributed by atoms with E-state index in [1.165, 1.54) is 0 Å². The predicted molar refractivity (Wildman–Crippen MR) is 125 cm³/mol. The highest BCUT2D eigenvalue weighted by molar-refractivity contribution is 6.06. The molecule has 33 heavy (non-hydrogen) atoms. The third kappa shape index (κ3) is 4.18. The minimum absolute atomic E-state index is 0.241. The molecular weight excluding hydrogens is 416 g/mol. The van der Waals surface area contributed by atoms with Gasteiger partial charge < -0.3 is 15.4 Å². The van der Waals surface area contributed by atoms with Crippen molar-refractivity contribution in [2.45, 2.75) is 19.6 Å². The first kappa shape index (κ1) is 20.4. The maximum Gasteiger partial charge on any atom is 0.255 e. The second-order valence-electron chi connectivity index (χ2n) is 7.65. The lowest BCUT2D eigenvalue weighted by Gasteiger charge is -2.29. The highest BCUT2D eigenvalue weighted by Crippen LogP contribution is 2.39. The van der Waals surface area contributed by atoms with Gasteiger partial charge in [0.25, 0.3) is 5.91 Å². The molecule has 164 valence electrons. The molecule has 0 fully saturated rings. The van der Waals surface area contributed by atoms with E-state index < -0.39 is 6.04 Å². The van der Waals surface area contributed by atoms with Crippen molar-refractivity contribution in [1.29, 1.82) is 0 Å². The topological polar surface area (TPSA) is 94.0 Å². The Hall–Kier alpha value is -4.46. The monoisotopic (exact) mass is 438 g/mol. The second-order valence-corrected chi connectivity index (χ2v) is 7.65. The summed E-state index contributed by atoms with van der Waals surface area (Å²) in [6, 6.07) is 26.4. The number of hydrogen-bond acceptors (Lipinski definition) is 6. The lowest BCUT2D eigenvalue weighted by Crippen LogP contribution is -2.31. The molecule has 1 aliphatic rings. The SMILES string of the molecule is CC1=C(C(=O)Nc2ccccc2)[C@H](c2ccccc2OCc2ccccc2)n2nnnc2N1. The number of hydrogen-bond donors (Lipinski definition) is 2. The van der Waals surface area contributed by atoms with Crippen molar-refractivity contribution in [2.75, 3.05) is 10.6 Å². The quantitative estimate of drug-likeness (QED) is 0.469. The van der Waals surface area contributed by atoms with Crippen LogP contribution in [0.5, 0.6) is 5.75 Å². The van der Waals surface area contributed by atoms with Crippen molar-refractivity contribution < 1.29 is 9.53 Å². The second kappa shape index (κ2) is 8.96. The van der Waals surface area contributed by atoms with Crippen molar-refractivity contribution >= 4 is 17.5 Å². The Kier molecular flexibility index (Phi) is 5.55. The molecule has 2 N–H and O–H groups in total. The summed E-state index contributed by atoms with van der Waals surface area (Å²) in [6.45, 7) is 2.25. The molecule has 3 aromatic carbocycles. The molecule has 0 saturated carbocycles. The summed E-state index contributed by atoms with van der Waals surface area (Å²) in [5.41, 5.74) is 3.73. The molecule has 1 aliphatic heterocycles. The smallest absolute Gasteiger partial charge is 0.255 e. The Morgan fingerprint density at radius 3 is 2.48 bits per heavy atom. The molecule has 8 heteroatoms. The fourth-order valence-electron chi connectivity index (χ4n) is 3.89. The zero-order valence-electron chi connectivity index (χ0n) is 18.0. The average molecular weight is 438 g/mol. The number of fused-ring (bicyclic) bond motifs is 1. The fraction of sp³-hybridized carbons (Fsp3) is 0.120. The van der Waals surface area contributed by atoms with Gasteiger partial charge >= 0.3 is 0 Å². The summed E-state index contributed by atoms with van der Waals surface area (Å²) in [6.07, 6.45) is 0. The van der Waals surface area contributed by atoms with Crippen LogP contribution in [0, 0.1) is 0 Å². The van der Waals surface area contributed by atoms with Crippen LogP contribution >= 0.6 is 0 Å². The van der Waals surface area contributed by atoms with Crippen molar-refractivity contribution in [1.82, 2.24) is 20.2 Å². The minimum atomic E-state index is -0.563. The van der Waals surface area contributed by atoms with Gasteiger partial charge in [-0.1, -0.05) is 71.8 Å². The normalized spacial score (nSPS) is 14.9. The van der Waals surface area contributed by atoms with Gasteiger partial charge in [-0.05, 0) is 41.1 Å². The van der Waals surface area contributed by atoms with Gasteiger partial charge in [-0.2, -0.15) is 4.68 Å². The van der Waals surface area contributed by atoms with Gasteiger partial charge in [0.2, 0.25) is 5.95 Å². The molecule has 1 amide bonds. The van der Waals surface area contributed by atoms with Crippen LogP contribution in [0.1, 0.15) is 24.1 Å². The third-order valence-corrected chi connectivity index (χ3v) is 5.44. The van der Waals surface area contributed by atoms with Crippen molar-refractivity contribution in [3.8, 4) is 5.75 Å². The lowest BCUT2D eigenvalue weighted by molar-refractivity contribution is -0.113. The Labute approximate surface area is 190 Å². The lowest BCUT2D eigenvalue weighted by atomic mass is 9.94. The highest BCUT2D eigenvalue weighted by atomic mass is 16.5. The Bertz CT molecular complexity index is 1300. The fourth-order valence-corrected chi connectivity index (χ4v) is 3.89. The molecule has 4 aromatic rings. The van der Waals surface area contributed by atoms with E-state index >= 15 is 0 Å². The highest BCUT2D eigenvalue weighted by Gasteiger charge is 2.35. The van der Waals surface area contributed by atoms with E-state index in [9.17, 15) is 4.79 Å². The average Bonchev–Trinajstić information content (AvgIpc) is 3.31. The molecule has 0 aliphatic carbocycles. The molecule has 8 nitrogen and oxygen atoms in total. The number of tetrazole rings is 1. The van der Waals surface area contributed by atoms with Gasteiger partial charge in [-0.3, -0.25) is 4.79 Å². The van der Waals surface area contributed by atoms with Crippen LogP contribution in [-0.2, 0) is 11.4 Å². The molecular formula is C25H22N6O2. The Balaban J connectivity index is 1.53. The number of anilines is 2. The summed E-state index contributed by atoms with van der Waals surface area (Å²) in [5, 5.41) is 18.2. The van der Waals surface area contributed by atoms with Crippen molar-refractivity contribution in [2.24, 2.45) is 0 Å². The minimum Gasteiger partial charge on any atom is -0.489 e. The van der Waals surface area contributed by atoms with Crippen molar-refractivity contribution in [3.63, 3.8) is 0 Å². The van der Waals surface area contributed by atoms with Gasteiger partial charge in [0, 0.05) is 16.9 Å². The molecule has 1 atom stereocenters. The number of aromatic nitrogens is 4. The Morgan fingerprint density at radius 1 is 1.00 bits per heavy atom. The molecule has 1 aromatic heterocycles. The van der Waals surface area contributed by atoms with Gasteiger partial charge in [0.05, 0.1) is 5.57 Å². The Morgan fingerprint density at radius 2 is 1.70 bits per heavy atom. The standard InChI is InChI=1S/C25H22N6O2/c1-17-22(24(32)27-19-12-6-3-7-13-19)23(31-25(26-17)28-29-30-31)20-14-8-9-15-21(20)33-16-18-10-4-2-5-11-18/h2-15,23H,16H2,1H3,(H,27,32)(H,26,28,30)/t23-/m0/s1. The van der Waals surface area contributed by atoms with Crippen LogP contribution in [0.2, 0.25) is 0 Å². The number of benzene rings is 3. The number of para-hydroxylation sites is 2. The molecule has 2 heterocycles. The zero-order valence-corrected chi connectivity index (χ0v) is 18.0.